The lowest BCUT2D eigenvalue weighted by Gasteiger charge is -2.45. The molecule has 2 aliphatic heterocycles. The molecule has 0 aliphatic carbocycles. The van der Waals surface area contributed by atoms with Crippen LogP contribution in [0.2, 0.25) is 0 Å². The van der Waals surface area contributed by atoms with E-state index in [4.69, 9.17) is 4.98 Å². The summed E-state index contributed by atoms with van der Waals surface area (Å²) in [6, 6.07) is 0.692. The smallest absolute Gasteiger partial charge is 0.107 e. The zero-order chi connectivity index (χ0) is 14.1. The molecule has 0 saturated carbocycles. The van der Waals surface area contributed by atoms with Crippen LogP contribution in [0.25, 0.3) is 0 Å². The number of piperidine rings is 1. The predicted molar refractivity (Wildman–Crippen MR) is 82.1 cm³/mol. The molecule has 2 fully saturated rings. The van der Waals surface area contributed by atoms with Crippen LogP contribution in [-0.2, 0) is 6.54 Å². The highest BCUT2D eigenvalue weighted by molar-refractivity contribution is 7.09. The average molecular weight is 295 g/mol. The zero-order valence-corrected chi connectivity index (χ0v) is 13.3. The molecule has 0 amide bonds. The normalized spacial score (nSPS) is 23.4. The number of aliphatic hydroxyl groups is 1. The van der Waals surface area contributed by atoms with Gasteiger partial charge in [-0.25, -0.2) is 4.98 Å². The Morgan fingerprint density at radius 1 is 1.35 bits per heavy atom. The Labute approximate surface area is 125 Å². The van der Waals surface area contributed by atoms with Crippen molar-refractivity contribution in [2.75, 3.05) is 26.2 Å². The molecule has 4 nitrogen and oxygen atoms in total. The minimum Gasteiger partial charge on any atom is -0.390 e. The van der Waals surface area contributed by atoms with Crippen LogP contribution in [0, 0.1) is 0 Å². The first kappa shape index (κ1) is 14.4. The van der Waals surface area contributed by atoms with Crippen LogP contribution in [0.1, 0.15) is 43.3 Å². The molecule has 1 aromatic rings. The van der Waals surface area contributed by atoms with Gasteiger partial charge in [0.25, 0.3) is 0 Å². The molecule has 112 valence electrons. The first-order valence-corrected chi connectivity index (χ1v) is 8.58. The molecule has 0 atom stereocenters. The highest BCUT2D eigenvalue weighted by Gasteiger charge is 2.32. The Kier molecular flexibility index (Phi) is 4.40. The van der Waals surface area contributed by atoms with Crippen LogP contribution in [0.4, 0.5) is 0 Å². The maximum absolute atomic E-state index is 9.38. The van der Waals surface area contributed by atoms with Crippen LogP contribution in [-0.4, -0.2) is 58.2 Å². The third kappa shape index (κ3) is 3.22. The van der Waals surface area contributed by atoms with Crippen molar-refractivity contribution in [2.45, 2.75) is 51.3 Å². The van der Waals surface area contributed by atoms with E-state index in [2.05, 4.69) is 29.0 Å². The second-order valence-corrected chi connectivity index (χ2v) is 7.38. The molecule has 3 rings (SSSR count). The summed E-state index contributed by atoms with van der Waals surface area (Å²) in [7, 11) is 0. The molecule has 0 bridgehead atoms. The standard InChI is InChI=1S/C15H25N3OS/c1-11(2)14-10-20-15(16-14)9-17-5-3-12(4-6-17)18-7-13(19)8-18/h10-13,19H,3-9H2,1-2H3. The minimum absolute atomic E-state index is 0.0715. The van der Waals surface area contributed by atoms with E-state index < -0.39 is 0 Å². The summed E-state index contributed by atoms with van der Waals surface area (Å²) in [6.45, 7) is 9.50. The lowest BCUT2D eigenvalue weighted by atomic mass is 9.99. The Hall–Kier alpha value is -0.490. The highest BCUT2D eigenvalue weighted by atomic mass is 32.1. The van der Waals surface area contributed by atoms with Gasteiger partial charge in [-0.05, 0) is 18.8 Å². The van der Waals surface area contributed by atoms with Crippen molar-refractivity contribution in [1.29, 1.82) is 0 Å². The van der Waals surface area contributed by atoms with Gasteiger partial charge < -0.3 is 5.11 Å². The topological polar surface area (TPSA) is 39.6 Å². The SMILES string of the molecule is CC(C)c1csc(CN2CCC(N3CC(O)C3)CC2)n1. The Balaban J connectivity index is 1.46. The van der Waals surface area contributed by atoms with E-state index in [1.165, 1.54) is 23.5 Å². The lowest BCUT2D eigenvalue weighted by molar-refractivity contribution is -0.0402. The van der Waals surface area contributed by atoms with Gasteiger partial charge in [-0.3, -0.25) is 9.80 Å². The van der Waals surface area contributed by atoms with Gasteiger partial charge in [0.15, 0.2) is 0 Å². The Morgan fingerprint density at radius 2 is 2.05 bits per heavy atom. The highest BCUT2D eigenvalue weighted by Crippen LogP contribution is 2.24. The first-order chi connectivity index (χ1) is 9.61. The van der Waals surface area contributed by atoms with Gasteiger partial charge >= 0.3 is 0 Å². The molecule has 5 heteroatoms. The molecule has 1 N–H and O–H groups in total. The molecule has 2 saturated heterocycles. The first-order valence-electron chi connectivity index (χ1n) is 7.70. The maximum Gasteiger partial charge on any atom is 0.107 e. The molecular weight excluding hydrogens is 270 g/mol. The van der Waals surface area contributed by atoms with E-state index in [1.54, 1.807) is 11.3 Å². The summed E-state index contributed by atoms with van der Waals surface area (Å²) in [4.78, 5) is 9.68. The number of rotatable bonds is 4. The molecule has 1 aromatic heterocycles. The van der Waals surface area contributed by atoms with E-state index in [9.17, 15) is 5.11 Å². The van der Waals surface area contributed by atoms with Gasteiger partial charge in [0.1, 0.15) is 5.01 Å². The van der Waals surface area contributed by atoms with Gasteiger partial charge in [-0.1, -0.05) is 13.8 Å². The van der Waals surface area contributed by atoms with Gasteiger partial charge in [-0.2, -0.15) is 0 Å². The average Bonchev–Trinajstić information content (AvgIpc) is 2.85. The molecule has 20 heavy (non-hydrogen) atoms. The number of hydrogen-bond donors (Lipinski definition) is 1. The fourth-order valence-electron chi connectivity index (χ4n) is 3.08. The van der Waals surface area contributed by atoms with Crippen molar-refractivity contribution < 1.29 is 5.11 Å². The summed E-state index contributed by atoms with van der Waals surface area (Å²) >= 11 is 1.80. The van der Waals surface area contributed by atoms with E-state index in [1.807, 2.05) is 0 Å². The van der Waals surface area contributed by atoms with E-state index >= 15 is 0 Å². The Bertz CT molecular complexity index is 434. The summed E-state index contributed by atoms with van der Waals surface area (Å²) < 4.78 is 0. The number of nitrogens with zero attached hydrogens (tertiary/aromatic N) is 3. The summed E-state index contributed by atoms with van der Waals surface area (Å²) in [5.41, 5.74) is 1.23. The fourth-order valence-corrected chi connectivity index (χ4v) is 4.08. The second-order valence-electron chi connectivity index (χ2n) is 6.44. The van der Waals surface area contributed by atoms with Crippen LogP contribution in [0.15, 0.2) is 5.38 Å². The molecule has 2 aliphatic rings. The third-order valence-corrected chi connectivity index (χ3v) is 5.34. The number of β-amino-alcohol motifs (C(OH)–C–C–N with tert-alkyl or cyclic N) is 1. The lowest BCUT2D eigenvalue weighted by Crippen LogP contribution is -2.57. The fraction of sp³-hybridized carbons (Fsp3) is 0.800. The van der Waals surface area contributed by atoms with Gasteiger partial charge in [0, 0.05) is 37.6 Å². The number of aromatic nitrogens is 1. The summed E-state index contributed by atoms with van der Waals surface area (Å²) in [5, 5.41) is 12.8. The molecule has 0 unspecified atom stereocenters. The van der Waals surface area contributed by atoms with E-state index in [-0.39, 0.29) is 6.10 Å². The quantitative estimate of drug-likeness (QED) is 0.921. The van der Waals surface area contributed by atoms with Crippen LogP contribution >= 0.6 is 11.3 Å². The number of hydrogen-bond acceptors (Lipinski definition) is 5. The molecule has 0 aromatic carbocycles. The van der Waals surface area contributed by atoms with Crippen molar-refractivity contribution in [1.82, 2.24) is 14.8 Å². The van der Waals surface area contributed by atoms with Crippen LogP contribution < -0.4 is 0 Å². The molecule has 0 radical (unpaired) electrons. The van der Waals surface area contributed by atoms with Crippen LogP contribution in [0.3, 0.4) is 0 Å². The zero-order valence-electron chi connectivity index (χ0n) is 12.5. The van der Waals surface area contributed by atoms with Gasteiger partial charge in [-0.15, -0.1) is 11.3 Å². The van der Waals surface area contributed by atoms with Crippen molar-refractivity contribution in [3.05, 3.63) is 16.1 Å². The van der Waals surface area contributed by atoms with Crippen molar-refractivity contribution in [3.63, 3.8) is 0 Å². The minimum atomic E-state index is -0.0715. The molecule has 3 heterocycles. The third-order valence-electron chi connectivity index (χ3n) is 4.48. The summed E-state index contributed by atoms with van der Waals surface area (Å²) in [5.74, 6) is 0.531. The van der Waals surface area contributed by atoms with E-state index in [0.717, 1.165) is 32.7 Å². The van der Waals surface area contributed by atoms with Crippen molar-refractivity contribution in [2.24, 2.45) is 0 Å². The van der Waals surface area contributed by atoms with Gasteiger partial charge in [0.2, 0.25) is 0 Å². The van der Waals surface area contributed by atoms with Crippen molar-refractivity contribution >= 4 is 11.3 Å². The van der Waals surface area contributed by atoms with Gasteiger partial charge in [0.05, 0.1) is 18.3 Å². The largest absolute Gasteiger partial charge is 0.390 e. The predicted octanol–water partition coefficient (Wildman–Crippen LogP) is 1.91. The van der Waals surface area contributed by atoms with E-state index in [0.29, 0.717) is 12.0 Å². The maximum atomic E-state index is 9.38. The number of thiazole rings is 1. The Morgan fingerprint density at radius 3 is 2.60 bits per heavy atom. The number of likely N-dealkylation sites (tertiary alicyclic amines) is 2. The second kappa shape index (κ2) is 6.10. The van der Waals surface area contributed by atoms with Crippen molar-refractivity contribution in [3.8, 4) is 0 Å². The number of aliphatic hydroxyl groups excluding tert-OH is 1. The summed E-state index contributed by atoms with van der Waals surface area (Å²) in [6.07, 6.45) is 2.39. The molecular formula is C15H25N3OS. The van der Waals surface area contributed by atoms with Crippen LogP contribution in [0.5, 0.6) is 0 Å². The molecule has 0 spiro atoms. The monoisotopic (exact) mass is 295 g/mol.